The van der Waals surface area contributed by atoms with Gasteiger partial charge in [-0.25, -0.2) is 4.98 Å². The number of allylic oxidation sites excluding steroid dienone is 2. The maximum atomic E-state index is 11.7. The quantitative estimate of drug-likeness (QED) is 0.0874. The van der Waals surface area contributed by atoms with Crippen LogP contribution in [0.4, 0.5) is 0 Å². The summed E-state index contributed by atoms with van der Waals surface area (Å²) in [7, 11) is 0. The molecule has 0 spiro atoms. The topological polar surface area (TPSA) is 63.1 Å². The molecular weight excluding hydrogens is 757 g/mol. The molecule has 47 heavy (non-hydrogen) atoms. The monoisotopic (exact) mass is 814 g/mol. The Bertz CT molecular complexity index is 1730. The van der Waals surface area contributed by atoms with E-state index >= 15 is 0 Å². The smallest absolute Gasteiger partial charge is 0.164 e. The van der Waals surface area contributed by atoms with Crippen LogP contribution in [0.5, 0.6) is 0 Å². The summed E-state index contributed by atoms with van der Waals surface area (Å²) in [6, 6.07) is 17.1. The van der Waals surface area contributed by atoms with Crippen LogP contribution in [0, 0.1) is 23.8 Å². The minimum Gasteiger partial charge on any atom is -0.512 e. The first-order chi connectivity index (χ1) is 21.2. The van der Waals surface area contributed by atoms with Crippen molar-refractivity contribution in [2.75, 3.05) is 0 Å². The molecule has 0 amide bonds. The van der Waals surface area contributed by atoms with Crippen LogP contribution in [0.3, 0.4) is 0 Å². The number of benzene rings is 3. The van der Waals surface area contributed by atoms with Crippen molar-refractivity contribution < 1.29 is 30.0 Å². The fourth-order valence-electron chi connectivity index (χ4n) is 5.45. The summed E-state index contributed by atoms with van der Waals surface area (Å²) in [5.74, 6) is 1.11. The fraction of sp³-hybridized carbons (Fsp3) is 0.500. The van der Waals surface area contributed by atoms with Crippen molar-refractivity contribution >= 4 is 27.5 Å². The van der Waals surface area contributed by atoms with Crippen LogP contribution in [0.15, 0.2) is 54.6 Å². The van der Waals surface area contributed by atoms with Gasteiger partial charge in [0.1, 0.15) is 12.1 Å². The molecule has 1 aromatic heterocycles. The number of aryl methyl sites for hydroxylation is 1. The molecule has 1 heterocycles. The van der Waals surface area contributed by atoms with Gasteiger partial charge in [0, 0.05) is 42.4 Å². The van der Waals surface area contributed by atoms with Crippen molar-refractivity contribution in [3.63, 3.8) is 0 Å². The zero-order valence-electron chi connectivity index (χ0n) is 31.3. The molecule has 0 bridgehead atoms. The fourth-order valence-corrected chi connectivity index (χ4v) is 5.45. The first kappa shape index (κ1) is 40.3. The number of carbonyl (C=O) groups is 1. The van der Waals surface area contributed by atoms with Crippen molar-refractivity contribution in [2.45, 2.75) is 127 Å². The SMILES string of the molecule is CCC(C)(CC)/C(O)=C/C(=O)C(C)(C)C.Cc1[c-]c(-c2ncnc3c2ccc2cc(C(C)C)cc(C(C)C)c23)cc(C(C)(C)C)c1.[Ir]. The minimum atomic E-state index is -0.420. The summed E-state index contributed by atoms with van der Waals surface area (Å²) < 4.78 is 0. The summed E-state index contributed by atoms with van der Waals surface area (Å²) in [4.78, 5) is 21.2. The molecule has 5 heteroatoms. The molecule has 0 saturated heterocycles. The van der Waals surface area contributed by atoms with Crippen molar-refractivity contribution in [3.05, 3.63) is 82.9 Å². The zero-order chi connectivity index (χ0) is 34.8. The number of aromatic nitrogens is 2. The molecule has 1 N–H and O–H groups in total. The number of nitrogens with zero attached hydrogens (tertiary/aromatic N) is 2. The van der Waals surface area contributed by atoms with Gasteiger partial charge in [-0.1, -0.05) is 121 Å². The average molecular weight is 814 g/mol. The third-order valence-corrected chi connectivity index (χ3v) is 9.37. The van der Waals surface area contributed by atoms with Gasteiger partial charge >= 0.3 is 0 Å². The Hall–Kier alpha value is -2.88. The molecule has 0 atom stereocenters. The maximum absolute atomic E-state index is 11.7. The van der Waals surface area contributed by atoms with Crippen molar-refractivity contribution in [1.29, 1.82) is 0 Å². The van der Waals surface area contributed by atoms with Gasteiger partial charge < -0.3 is 5.11 Å². The molecular formula is C42H57IrN2O2-. The summed E-state index contributed by atoms with van der Waals surface area (Å²) in [5, 5.41) is 13.5. The summed E-state index contributed by atoms with van der Waals surface area (Å²) >= 11 is 0. The van der Waals surface area contributed by atoms with Crippen LogP contribution in [0.25, 0.3) is 32.9 Å². The van der Waals surface area contributed by atoms with Gasteiger partial charge in [-0.3, -0.25) is 9.78 Å². The van der Waals surface area contributed by atoms with Gasteiger partial charge in [-0.2, -0.15) is 0 Å². The number of aliphatic hydroxyl groups excluding tert-OH is 1. The van der Waals surface area contributed by atoms with E-state index in [2.05, 4.69) is 97.9 Å². The van der Waals surface area contributed by atoms with Crippen LogP contribution < -0.4 is 0 Å². The second-order valence-corrected chi connectivity index (χ2v) is 15.8. The molecule has 4 nitrogen and oxygen atoms in total. The number of aliphatic hydroxyl groups is 1. The van der Waals surface area contributed by atoms with E-state index in [-0.39, 0.29) is 42.5 Å². The summed E-state index contributed by atoms with van der Waals surface area (Å²) in [5.41, 5.74) is 7.61. The van der Waals surface area contributed by atoms with E-state index in [1.165, 1.54) is 33.5 Å². The molecule has 4 aromatic rings. The maximum Gasteiger partial charge on any atom is 0.164 e. The second kappa shape index (κ2) is 15.6. The van der Waals surface area contributed by atoms with Crippen LogP contribution in [-0.4, -0.2) is 20.9 Å². The van der Waals surface area contributed by atoms with Gasteiger partial charge in [0.25, 0.3) is 0 Å². The molecule has 0 aliphatic heterocycles. The Kier molecular flexibility index (Phi) is 13.3. The second-order valence-electron chi connectivity index (χ2n) is 15.8. The van der Waals surface area contributed by atoms with Crippen molar-refractivity contribution in [2.24, 2.45) is 10.8 Å². The van der Waals surface area contributed by atoms with Gasteiger partial charge in [0.2, 0.25) is 0 Å². The van der Waals surface area contributed by atoms with Crippen LogP contribution in [0.1, 0.15) is 137 Å². The Morgan fingerprint density at radius 3 is 2.02 bits per heavy atom. The molecule has 0 aliphatic carbocycles. The average Bonchev–Trinajstić information content (AvgIpc) is 2.98. The summed E-state index contributed by atoms with van der Waals surface area (Å²) in [6.07, 6.45) is 4.78. The molecule has 0 saturated carbocycles. The van der Waals surface area contributed by atoms with Crippen molar-refractivity contribution in [3.8, 4) is 11.3 Å². The van der Waals surface area contributed by atoms with Gasteiger partial charge in [0.05, 0.1) is 5.52 Å². The largest absolute Gasteiger partial charge is 0.512 e. The number of hydrogen-bond acceptors (Lipinski definition) is 4. The number of rotatable bonds is 7. The third kappa shape index (κ3) is 9.39. The van der Waals surface area contributed by atoms with E-state index < -0.39 is 5.41 Å². The van der Waals surface area contributed by atoms with E-state index in [0.717, 1.165) is 40.6 Å². The van der Waals surface area contributed by atoms with E-state index in [4.69, 9.17) is 9.97 Å². The van der Waals surface area contributed by atoms with Crippen LogP contribution in [-0.2, 0) is 30.3 Å². The molecule has 4 rings (SSSR count). The van der Waals surface area contributed by atoms with Crippen molar-refractivity contribution in [1.82, 2.24) is 9.97 Å². The zero-order valence-corrected chi connectivity index (χ0v) is 33.7. The number of fused-ring (bicyclic) bond motifs is 3. The first-order valence-electron chi connectivity index (χ1n) is 16.9. The predicted octanol–water partition coefficient (Wildman–Crippen LogP) is 12.0. The first-order valence-corrected chi connectivity index (χ1v) is 16.9. The molecule has 257 valence electrons. The summed E-state index contributed by atoms with van der Waals surface area (Å²) in [6.45, 7) is 29.5. The van der Waals surface area contributed by atoms with E-state index in [9.17, 15) is 9.90 Å². The molecule has 0 unspecified atom stereocenters. The normalized spacial score (nSPS) is 12.7. The van der Waals surface area contributed by atoms with Crippen LogP contribution in [0.2, 0.25) is 0 Å². The Labute approximate surface area is 298 Å². The Morgan fingerprint density at radius 1 is 0.894 bits per heavy atom. The molecule has 3 aromatic carbocycles. The molecule has 1 radical (unpaired) electrons. The molecule has 0 aliphatic rings. The van der Waals surface area contributed by atoms with E-state index in [1.54, 1.807) is 6.33 Å². The third-order valence-electron chi connectivity index (χ3n) is 9.37. The predicted molar refractivity (Wildman–Crippen MR) is 197 cm³/mol. The van der Waals surface area contributed by atoms with Gasteiger partial charge in [-0.15, -0.1) is 34.9 Å². The van der Waals surface area contributed by atoms with Gasteiger partial charge in [0.15, 0.2) is 5.78 Å². The standard InChI is InChI=1S/C29H33N2.C13H24O2.Ir/c1-17(2)21-13-20-9-10-24-27(22-11-19(5)12-23(14-22)29(6,7)8)30-16-31-28(24)26(20)25(15-21)18(3)4;1-7-13(6,8-2)11(15)9-10(14)12(3,4)5;/h9-10,12-18H,1-8H3;9,15H,7-8H2,1-6H3;/q-1;;/b;11-9-;. The number of ketones is 1. The Balaban J connectivity index is 0.000000410. The number of hydrogen-bond donors (Lipinski definition) is 1. The van der Waals surface area contributed by atoms with Crippen LogP contribution >= 0.6 is 0 Å². The van der Waals surface area contributed by atoms with Gasteiger partial charge in [-0.05, 0) is 57.7 Å². The van der Waals surface area contributed by atoms with E-state index in [0.29, 0.717) is 11.8 Å². The number of carbonyl (C=O) groups excluding carboxylic acids is 1. The Morgan fingerprint density at radius 2 is 1.51 bits per heavy atom. The minimum absolute atomic E-state index is 0. The molecule has 0 fully saturated rings. The van der Waals surface area contributed by atoms with E-state index in [1.807, 2.05) is 41.5 Å².